The van der Waals surface area contributed by atoms with Crippen LogP contribution < -0.4 is 12.3 Å². The zero-order valence-corrected chi connectivity index (χ0v) is 13.3. The fourth-order valence-corrected chi connectivity index (χ4v) is 1.77. The van der Waals surface area contributed by atoms with Crippen LogP contribution in [0.2, 0.25) is 0 Å². The summed E-state index contributed by atoms with van der Waals surface area (Å²) < 4.78 is 1.34. The van der Waals surface area contributed by atoms with Crippen LogP contribution in [0.5, 0.6) is 0 Å². The molecule has 2 nitrogen and oxygen atoms in total. The Morgan fingerprint density at radius 3 is 1.40 bits per heavy atom. The number of hydrogen-bond acceptors (Lipinski definition) is 0. The first-order valence-electron chi connectivity index (χ1n) is 5.47. The number of halogens is 1. The van der Waals surface area contributed by atoms with Crippen molar-refractivity contribution in [3.05, 3.63) is 13.2 Å². The van der Waals surface area contributed by atoms with E-state index in [9.17, 15) is 0 Å². The van der Waals surface area contributed by atoms with Gasteiger partial charge >= 0.3 is 0 Å². The van der Waals surface area contributed by atoms with Gasteiger partial charge in [-0.2, -0.15) is 0 Å². The summed E-state index contributed by atoms with van der Waals surface area (Å²) in [5.74, 6) is 0. The fraction of sp³-hybridized carbons (Fsp3) is 0.833. The first kappa shape index (κ1) is 24.6. The molecule has 0 saturated carbocycles. The molecule has 0 aromatic carbocycles. The number of alkyl halides is 1. The summed E-state index contributed by atoms with van der Waals surface area (Å²) in [6.07, 6.45) is 11.5. The van der Waals surface area contributed by atoms with E-state index in [1.165, 1.54) is 55.8 Å². The third-order valence-electron chi connectivity index (χ3n) is 1.99. The number of unbranched alkanes of at least 4 members (excludes halogenated alkanes) is 7. The molecule has 8 N–H and O–H groups in total. The summed E-state index contributed by atoms with van der Waals surface area (Å²) in [4.78, 5) is 0. The van der Waals surface area contributed by atoms with E-state index in [0.29, 0.717) is 0 Å². The van der Waals surface area contributed by atoms with Crippen LogP contribution in [0.15, 0.2) is 13.2 Å². The molecule has 96 valence electrons. The minimum absolute atomic E-state index is 0. The lowest BCUT2D eigenvalue weighted by Gasteiger charge is -1.98. The molecular weight excluding hydrogens is 299 g/mol. The van der Waals surface area contributed by atoms with Crippen molar-refractivity contribution in [2.24, 2.45) is 0 Å². The van der Waals surface area contributed by atoms with E-state index in [-0.39, 0.29) is 12.3 Å². The molecule has 0 spiro atoms. The molecule has 0 saturated heterocycles. The predicted molar refractivity (Wildman–Crippen MR) is 84.7 cm³/mol. The summed E-state index contributed by atoms with van der Waals surface area (Å²) in [5.41, 5.74) is 0. The standard InChI is InChI=1S/C10H21I.C2H4.2H3N/c1-2-3-4-5-6-7-8-9-10-11;1-2;;/h2-10H2,1H3;1-2H2;2*1H3/p+2. The Kier molecular flexibility index (Phi) is 47.9. The lowest BCUT2D eigenvalue weighted by Crippen LogP contribution is -1.80. The molecule has 15 heavy (non-hydrogen) atoms. The second-order valence-corrected chi connectivity index (χ2v) is 4.24. The van der Waals surface area contributed by atoms with Gasteiger partial charge in [0.25, 0.3) is 0 Å². The highest BCUT2D eigenvalue weighted by atomic mass is 127. The average Bonchev–Trinajstić information content (AvgIpc) is 2.20. The SMILES string of the molecule is C=C.CCCCCCCCCCI.[NH4+].[NH4+]. The number of quaternary nitrogens is 2. The molecule has 0 bridgehead atoms. The second kappa shape index (κ2) is 29.3. The van der Waals surface area contributed by atoms with Crippen LogP contribution in [-0.4, -0.2) is 4.43 Å². The van der Waals surface area contributed by atoms with Gasteiger partial charge < -0.3 is 12.3 Å². The quantitative estimate of drug-likeness (QED) is 0.233. The van der Waals surface area contributed by atoms with Crippen molar-refractivity contribution >= 4 is 22.6 Å². The molecule has 0 aromatic heterocycles. The number of rotatable bonds is 8. The van der Waals surface area contributed by atoms with Gasteiger partial charge in [-0.1, -0.05) is 74.5 Å². The Balaban J connectivity index is -0.000000142. The molecule has 0 heterocycles. The lowest BCUT2D eigenvalue weighted by molar-refractivity contribution is 0.587. The molecular formula is C12H33IN2+2. The van der Waals surface area contributed by atoms with Crippen molar-refractivity contribution in [1.29, 1.82) is 0 Å². The summed E-state index contributed by atoms with van der Waals surface area (Å²) in [7, 11) is 0. The van der Waals surface area contributed by atoms with Gasteiger partial charge in [0.15, 0.2) is 0 Å². The van der Waals surface area contributed by atoms with Gasteiger partial charge in [-0.15, -0.1) is 13.2 Å². The van der Waals surface area contributed by atoms with Gasteiger partial charge in [-0.3, -0.25) is 0 Å². The molecule has 0 aliphatic heterocycles. The van der Waals surface area contributed by atoms with Crippen LogP contribution >= 0.6 is 22.6 Å². The largest absolute Gasteiger partial charge is 0.369 e. The molecule has 0 aliphatic rings. The highest BCUT2D eigenvalue weighted by Crippen LogP contribution is 2.08. The number of hydrogen-bond donors (Lipinski definition) is 2. The normalized spacial score (nSPS) is 7.87. The minimum Gasteiger partial charge on any atom is -0.369 e. The van der Waals surface area contributed by atoms with Crippen LogP contribution in [0.1, 0.15) is 58.3 Å². The second-order valence-electron chi connectivity index (χ2n) is 3.16. The molecule has 0 aliphatic carbocycles. The van der Waals surface area contributed by atoms with Gasteiger partial charge in [0.1, 0.15) is 0 Å². The van der Waals surface area contributed by atoms with Gasteiger partial charge in [0.2, 0.25) is 0 Å². The lowest BCUT2D eigenvalue weighted by atomic mass is 10.1. The summed E-state index contributed by atoms with van der Waals surface area (Å²) in [6.45, 7) is 8.27. The smallest absolute Gasteiger partial charge is 0.000473 e. The van der Waals surface area contributed by atoms with E-state index in [1.54, 1.807) is 0 Å². The third kappa shape index (κ3) is 31.4. The van der Waals surface area contributed by atoms with Crippen LogP contribution in [-0.2, 0) is 0 Å². The average molecular weight is 332 g/mol. The van der Waals surface area contributed by atoms with Crippen LogP contribution in [0.25, 0.3) is 0 Å². The van der Waals surface area contributed by atoms with Crippen molar-refractivity contribution in [2.45, 2.75) is 58.3 Å². The van der Waals surface area contributed by atoms with Gasteiger partial charge in [-0.05, 0) is 10.8 Å². The highest BCUT2D eigenvalue weighted by molar-refractivity contribution is 14.1. The molecule has 0 atom stereocenters. The van der Waals surface area contributed by atoms with Gasteiger partial charge in [0, 0.05) is 0 Å². The van der Waals surface area contributed by atoms with Crippen molar-refractivity contribution in [3.63, 3.8) is 0 Å². The van der Waals surface area contributed by atoms with Crippen LogP contribution in [0.4, 0.5) is 0 Å². The maximum atomic E-state index is 3.00. The van der Waals surface area contributed by atoms with Gasteiger partial charge in [-0.25, -0.2) is 0 Å². The van der Waals surface area contributed by atoms with Gasteiger partial charge in [0.05, 0.1) is 0 Å². The Bertz CT molecular complexity index is 72.0. The Morgan fingerprint density at radius 1 is 0.733 bits per heavy atom. The zero-order chi connectivity index (χ0) is 10.4. The Morgan fingerprint density at radius 2 is 1.07 bits per heavy atom. The Labute approximate surface area is 111 Å². The molecule has 3 heteroatoms. The molecule has 0 fully saturated rings. The van der Waals surface area contributed by atoms with Crippen molar-refractivity contribution < 1.29 is 0 Å². The maximum Gasteiger partial charge on any atom is -0.000473 e. The minimum atomic E-state index is 0. The van der Waals surface area contributed by atoms with E-state index in [2.05, 4.69) is 42.7 Å². The summed E-state index contributed by atoms with van der Waals surface area (Å²) >= 11 is 2.46. The van der Waals surface area contributed by atoms with Crippen LogP contribution in [0, 0.1) is 0 Å². The highest BCUT2D eigenvalue weighted by Gasteiger charge is 1.89. The summed E-state index contributed by atoms with van der Waals surface area (Å²) in [5, 5.41) is 0. The van der Waals surface area contributed by atoms with Crippen molar-refractivity contribution in [2.75, 3.05) is 4.43 Å². The first-order chi connectivity index (χ1) is 6.41. The maximum absolute atomic E-state index is 3.00. The molecule has 0 aromatic rings. The first-order valence-corrected chi connectivity index (χ1v) is 7.00. The van der Waals surface area contributed by atoms with Crippen molar-refractivity contribution in [1.82, 2.24) is 12.3 Å². The third-order valence-corrected chi connectivity index (χ3v) is 2.75. The van der Waals surface area contributed by atoms with Crippen molar-refractivity contribution in [3.8, 4) is 0 Å². The van der Waals surface area contributed by atoms with E-state index < -0.39 is 0 Å². The monoisotopic (exact) mass is 332 g/mol. The van der Waals surface area contributed by atoms with Crippen LogP contribution in [0.3, 0.4) is 0 Å². The fourth-order valence-electron chi connectivity index (χ4n) is 1.23. The zero-order valence-electron chi connectivity index (χ0n) is 11.2. The molecule has 0 rings (SSSR count). The van der Waals surface area contributed by atoms with E-state index in [1.807, 2.05) is 0 Å². The molecule has 0 amide bonds. The molecule has 0 unspecified atom stereocenters. The summed E-state index contributed by atoms with van der Waals surface area (Å²) in [6, 6.07) is 0. The van der Waals surface area contributed by atoms with E-state index >= 15 is 0 Å². The molecule has 0 radical (unpaired) electrons. The predicted octanol–water partition coefficient (Wildman–Crippen LogP) is 6.12. The Hall–Kier alpha value is 0.390. The topological polar surface area (TPSA) is 73.0 Å². The van der Waals surface area contributed by atoms with E-state index in [4.69, 9.17) is 0 Å². The van der Waals surface area contributed by atoms with E-state index in [0.717, 1.165) is 0 Å².